The SMILES string of the molecule is NCCNC(=O)c1ccccc1P(c1ccccc1)c1ccccc1. The lowest BCUT2D eigenvalue weighted by Crippen LogP contribution is -2.33. The van der Waals surface area contributed by atoms with Crippen LogP contribution in [0.25, 0.3) is 0 Å². The summed E-state index contributed by atoms with van der Waals surface area (Å²) in [5.74, 6) is -0.0691. The van der Waals surface area contributed by atoms with Crippen molar-refractivity contribution >= 4 is 29.7 Å². The monoisotopic (exact) mass is 348 g/mol. The number of benzene rings is 3. The molecule has 0 unspecified atom stereocenters. The standard InChI is InChI=1S/C21H21N2OP/c22-15-16-23-21(24)19-13-7-8-14-20(19)25(17-9-3-1-4-10-17)18-11-5-2-6-12-18/h1-14H,15-16,22H2,(H,23,24). The third-order valence-electron chi connectivity index (χ3n) is 3.85. The summed E-state index contributed by atoms with van der Waals surface area (Å²) in [6.07, 6.45) is 0. The summed E-state index contributed by atoms with van der Waals surface area (Å²) in [5.41, 5.74) is 6.24. The lowest BCUT2D eigenvalue weighted by Gasteiger charge is -2.22. The Hall–Kier alpha value is -2.48. The first kappa shape index (κ1) is 17.3. The zero-order valence-corrected chi connectivity index (χ0v) is 14.8. The molecule has 0 aliphatic carbocycles. The van der Waals surface area contributed by atoms with Gasteiger partial charge in [-0.3, -0.25) is 4.79 Å². The quantitative estimate of drug-likeness (QED) is 0.671. The van der Waals surface area contributed by atoms with Crippen LogP contribution in [-0.2, 0) is 0 Å². The minimum absolute atomic E-state index is 0.0691. The average molecular weight is 348 g/mol. The van der Waals surface area contributed by atoms with Crippen LogP contribution in [0.15, 0.2) is 84.9 Å². The Balaban J connectivity index is 2.10. The van der Waals surface area contributed by atoms with Gasteiger partial charge in [-0.15, -0.1) is 0 Å². The Morgan fingerprint density at radius 1 is 0.800 bits per heavy atom. The second-order valence-corrected chi connectivity index (χ2v) is 7.75. The van der Waals surface area contributed by atoms with E-state index in [1.165, 1.54) is 10.6 Å². The molecule has 0 fully saturated rings. The average Bonchev–Trinajstić information content (AvgIpc) is 2.68. The maximum atomic E-state index is 12.6. The minimum Gasteiger partial charge on any atom is -0.351 e. The van der Waals surface area contributed by atoms with Gasteiger partial charge in [0.15, 0.2) is 0 Å². The molecular weight excluding hydrogens is 327 g/mol. The highest BCUT2D eigenvalue weighted by Crippen LogP contribution is 2.33. The van der Waals surface area contributed by atoms with Crippen LogP contribution in [0, 0.1) is 0 Å². The first-order valence-corrected chi connectivity index (χ1v) is 9.63. The molecule has 0 saturated heterocycles. The van der Waals surface area contributed by atoms with E-state index in [4.69, 9.17) is 5.73 Å². The van der Waals surface area contributed by atoms with Gasteiger partial charge in [-0.05, 0) is 29.9 Å². The summed E-state index contributed by atoms with van der Waals surface area (Å²) >= 11 is 0. The Morgan fingerprint density at radius 2 is 1.32 bits per heavy atom. The van der Waals surface area contributed by atoms with Crippen LogP contribution in [0.1, 0.15) is 10.4 Å². The molecule has 3 nitrogen and oxygen atoms in total. The first-order chi connectivity index (χ1) is 12.3. The van der Waals surface area contributed by atoms with Crippen molar-refractivity contribution in [1.82, 2.24) is 5.32 Å². The molecule has 3 aromatic rings. The first-order valence-electron chi connectivity index (χ1n) is 8.29. The molecule has 3 N–H and O–H groups in total. The predicted octanol–water partition coefficient (Wildman–Crippen LogP) is 2.13. The number of nitrogens with one attached hydrogen (secondary N) is 1. The van der Waals surface area contributed by atoms with Gasteiger partial charge >= 0.3 is 0 Å². The molecule has 1 amide bonds. The van der Waals surface area contributed by atoms with E-state index >= 15 is 0 Å². The van der Waals surface area contributed by atoms with Gasteiger partial charge < -0.3 is 11.1 Å². The fourth-order valence-electron chi connectivity index (χ4n) is 2.72. The molecule has 25 heavy (non-hydrogen) atoms. The predicted molar refractivity (Wildman–Crippen MR) is 107 cm³/mol. The van der Waals surface area contributed by atoms with E-state index in [-0.39, 0.29) is 5.91 Å². The Morgan fingerprint density at radius 3 is 1.88 bits per heavy atom. The van der Waals surface area contributed by atoms with Crippen LogP contribution in [0.2, 0.25) is 0 Å². The van der Waals surface area contributed by atoms with Crippen LogP contribution in [0.5, 0.6) is 0 Å². The molecule has 3 rings (SSSR count). The lowest BCUT2D eigenvalue weighted by molar-refractivity contribution is 0.0956. The molecule has 0 atom stereocenters. The summed E-state index contributed by atoms with van der Waals surface area (Å²) in [6.45, 7) is 0.905. The molecule has 4 heteroatoms. The summed E-state index contributed by atoms with van der Waals surface area (Å²) in [6, 6.07) is 28.6. The normalized spacial score (nSPS) is 10.6. The second kappa shape index (κ2) is 8.57. The van der Waals surface area contributed by atoms with Crippen LogP contribution >= 0.6 is 7.92 Å². The molecule has 3 aromatic carbocycles. The van der Waals surface area contributed by atoms with E-state index < -0.39 is 7.92 Å². The summed E-state index contributed by atoms with van der Waals surface area (Å²) in [5, 5.41) is 6.40. The van der Waals surface area contributed by atoms with Gasteiger partial charge in [-0.2, -0.15) is 0 Å². The van der Waals surface area contributed by atoms with E-state index in [2.05, 4.69) is 35.6 Å². The van der Waals surface area contributed by atoms with Crippen molar-refractivity contribution in [3.8, 4) is 0 Å². The summed E-state index contributed by atoms with van der Waals surface area (Å²) < 4.78 is 0. The Labute approximate surface area is 149 Å². The Kier molecular flexibility index (Phi) is 5.95. The van der Waals surface area contributed by atoms with Gasteiger partial charge in [-0.25, -0.2) is 0 Å². The van der Waals surface area contributed by atoms with Crippen molar-refractivity contribution in [1.29, 1.82) is 0 Å². The largest absolute Gasteiger partial charge is 0.351 e. The molecule has 0 heterocycles. The van der Waals surface area contributed by atoms with E-state index in [9.17, 15) is 4.79 Å². The van der Waals surface area contributed by atoms with Crippen LogP contribution in [0.3, 0.4) is 0 Å². The van der Waals surface area contributed by atoms with Crippen LogP contribution in [0.4, 0.5) is 0 Å². The van der Waals surface area contributed by atoms with E-state index in [1.54, 1.807) is 0 Å². The fraction of sp³-hybridized carbons (Fsp3) is 0.0952. The number of nitrogens with two attached hydrogens (primary N) is 1. The minimum atomic E-state index is -0.806. The number of rotatable bonds is 6. The van der Waals surface area contributed by atoms with E-state index in [0.717, 1.165) is 10.9 Å². The highest BCUT2D eigenvalue weighted by Gasteiger charge is 2.21. The zero-order chi connectivity index (χ0) is 17.5. The third-order valence-corrected chi connectivity index (χ3v) is 6.35. The number of carbonyl (C=O) groups excluding carboxylic acids is 1. The molecule has 0 aliphatic rings. The van der Waals surface area contributed by atoms with Crippen molar-refractivity contribution in [2.24, 2.45) is 5.73 Å². The summed E-state index contributed by atoms with van der Waals surface area (Å²) in [4.78, 5) is 12.6. The van der Waals surface area contributed by atoms with Crippen molar-refractivity contribution < 1.29 is 4.79 Å². The summed E-state index contributed by atoms with van der Waals surface area (Å²) in [7, 11) is -0.806. The van der Waals surface area contributed by atoms with Crippen LogP contribution < -0.4 is 27.0 Å². The second-order valence-electron chi connectivity index (χ2n) is 5.57. The van der Waals surface area contributed by atoms with Crippen LogP contribution in [-0.4, -0.2) is 19.0 Å². The molecule has 0 bridgehead atoms. The number of hydrogen-bond donors (Lipinski definition) is 2. The van der Waals surface area contributed by atoms with Gasteiger partial charge in [-0.1, -0.05) is 78.9 Å². The van der Waals surface area contributed by atoms with E-state index in [1.807, 2.05) is 54.6 Å². The number of hydrogen-bond acceptors (Lipinski definition) is 2. The maximum absolute atomic E-state index is 12.6. The molecule has 0 saturated carbocycles. The highest BCUT2D eigenvalue weighted by molar-refractivity contribution is 7.80. The molecule has 0 aromatic heterocycles. The van der Waals surface area contributed by atoms with Crippen molar-refractivity contribution in [2.45, 2.75) is 0 Å². The molecule has 126 valence electrons. The molecule has 0 aliphatic heterocycles. The molecule has 0 spiro atoms. The number of amides is 1. The Bertz CT molecular complexity index is 782. The van der Waals surface area contributed by atoms with Gasteiger partial charge in [0.25, 0.3) is 5.91 Å². The lowest BCUT2D eigenvalue weighted by atomic mass is 10.2. The maximum Gasteiger partial charge on any atom is 0.251 e. The zero-order valence-electron chi connectivity index (χ0n) is 13.9. The van der Waals surface area contributed by atoms with E-state index in [0.29, 0.717) is 13.1 Å². The number of carbonyl (C=O) groups is 1. The smallest absolute Gasteiger partial charge is 0.251 e. The third kappa shape index (κ3) is 4.14. The van der Waals surface area contributed by atoms with Crippen molar-refractivity contribution in [3.63, 3.8) is 0 Å². The van der Waals surface area contributed by atoms with Gasteiger partial charge in [0, 0.05) is 18.7 Å². The van der Waals surface area contributed by atoms with Gasteiger partial charge in [0.1, 0.15) is 0 Å². The van der Waals surface area contributed by atoms with Gasteiger partial charge in [0.05, 0.1) is 0 Å². The van der Waals surface area contributed by atoms with Gasteiger partial charge in [0.2, 0.25) is 0 Å². The topological polar surface area (TPSA) is 55.1 Å². The molecular formula is C21H21N2OP. The highest BCUT2D eigenvalue weighted by atomic mass is 31.1. The fourth-order valence-corrected chi connectivity index (χ4v) is 5.17. The molecule has 0 radical (unpaired) electrons. The van der Waals surface area contributed by atoms with Crippen molar-refractivity contribution in [2.75, 3.05) is 13.1 Å². The van der Waals surface area contributed by atoms with Crippen molar-refractivity contribution in [3.05, 3.63) is 90.5 Å².